The molecule has 0 aliphatic heterocycles. The van der Waals surface area contributed by atoms with Gasteiger partial charge in [0.05, 0.1) is 12.2 Å². The van der Waals surface area contributed by atoms with Gasteiger partial charge in [0.1, 0.15) is 5.01 Å². The predicted octanol–water partition coefficient (Wildman–Crippen LogP) is 3.08. The number of benzene rings is 1. The van der Waals surface area contributed by atoms with Gasteiger partial charge in [-0.2, -0.15) is 0 Å². The number of rotatable bonds is 4. The first-order valence-corrected chi connectivity index (χ1v) is 6.82. The normalized spacial score (nSPS) is 10.6. The Morgan fingerprint density at radius 3 is 2.72 bits per heavy atom. The van der Waals surface area contributed by atoms with Crippen molar-refractivity contribution in [1.82, 2.24) is 10.3 Å². The van der Waals surface area contributed by atoms with Crippen molar-refractivity contribution < 1.29 is 4.79 Å². The zero-order valence-electron chi connectivity index (χ0n) is 10.5. The van der Waals surface area contributed by atoms with E-state index in [1.165, 1.54) is 0 Å². The van der Waals surface area contributed by atoms with Gasteiger partial charge >= 0.3 is 0 Å². The summed E-state index contributed by atoms with van der Waals surface area (Å²) in [6.07, 6.45) is 0. The molecule has 0 fully saturated rings. The summed E-state index contributed by atoms with van der Waals surface area (Å²) in [5.41, 5.74) is 2.02. The Morgan fingerprint density at radius 1 is 1.33 bits per heavy atom. The van der Waals surface area contributed by atoms with Crippen molar-refractivity contribution in [3.63, 3.8) is 0 Å². The molecule has 1 aromatic carbocycles. The fourth-order valence-electron chi connectivity index (χ4n) is 1.48. The van der Waals surface area contributed by atoms with Crippen molar-refractivity contribution in [3.8, 4) is 10.6 Å². The molecular weight excluding hydrogens is 244 g/mol. The maximum Gasteiger partial charge on any atom is 0.222 e. The largest absolute Gasteiger partial charge is 0.350 e. The van der Waals surface area contributed by atoms with Crippen LogP contribution in [0.15, 0.2) is 35.7 Å². The van der Waals surface area contributed by atoms with Gasteiger partial charge in [-0.25, -0.2) is 4.98 Å². The van der Waals surface area contributed by atoms with Gasteiger partial charge in [-0.3, -0.25) is 4.79 Å². The molecule has 0 atom stereocenters. The van der Waals surface area contributed by atoms with Crippen LogP contribution >= 0.6 is 11.3 Å². The molecule has 0 bridgehead atoms. The topological polar surface area (TPSA) is 42.0 Å². The van der Waals surface area contributed by atoms with E-state index in [0.29, 0.717) is 6.54 Å². The second-order valence-corrected chi connectivity index (χ2v) is 5.24. The van der Waals surface area contributed by atoms with Crippen LogP contribution in [0.3, 0.4) is 0 Å². The molecule has 1 aromatic heterocycles. The Morgan fingerprint density at radius 2 is 2.06 bits per heavy atom. The molecule has 2 aromatic rings. The van der Waals surface area contributed by atoms with E-state index in [-0.39, 0.29) is 11.8 Å². The number of hydrogen-bond acceptors (Lipinski definition) is 3. The van der Waals surface area contributed by atoms with Crippen LogP contribution in [0, 0.1) is 5.92 Å². The summed E-state index contributed by atoms with van der Waals surface area (Å²) in [6, 6.07) is 10.1. The van der Waals surface area contributed by atoms with Crippen LogP contribution in [0.25, 0.3) is 10.6 Å². The molecule has 2 rings (SSSR count). The van der Waals surface area contributed by atoms with Crippen LogP contribution < -0.4 is 5.32 Å². The minimum atomic E-state index is 0.0113. The minimum Gasteiger partial charge on any atom is -0.350 e. The molecule has 94 valence electrons. The number of nitrogens with one attached hydrogen (secondary N) is 1. The summed E-state index contributed by atoms with van der Waals surface area (Å²) >= 11 is 1.60. The number of carbonyl (C=O) groups excluding carboxylic acids is 1. The molecule has 18 heavy (non-hydrogen) atoms. The quantitative estimate of drug-likeness (QED) is 0.918. The van der Waals surface area contributed by atoms with Crippen LogP contribution in [-0.4, -0.2) is 10.9 Å². The van der Waals surface area contributed by atoms with E-state index >= 15 is 0 Å². The third-order valence-electron chi connectivity index (χ3n) is 2.54. The summed E-state index contributed by atoms with van der Waals surface area (Å²) in [5.74, 6) is 0.0708. The molecular formula is C14H16N2OS. The van der Waals surface area contributed by atoms with Crippen molar-refractivity contribution in [1.29, 1.82) is 0 Å². The zero-order valence-corrected chi connectivity index (χ0v) is 11.3. The highest BCUT2D eigenvalue weighted by molar-refractivity contribution is 7.13. The zero-order chi connectivity index (χ0) is 13.0. The highest BCUT2D eigenvalue weighted by Gasteiger charge is 2.08. The lowest BCUT2D eigenvalue weighted by atomic mass is 10.2. The van der Waals surface area contributed by atoms with E-state index in [2.05, 4.69) is 10.3 Å². The second-order valence-electron chi connectivity index (χ2n) is 4.38. The van der Waals surface area contributed by atoms with Gasteiger partial charge in [0, 0.05) is 16.9 Å². The number of aromatic nitrogens is 1. The molecule has 0 saturated carbocycles. The Hall–Kier alpha value is -1.68. The molecule has 0 aliphatic carbocycles. The Balaban J connectivity index is 2.01. The average Bonchev–Trinajstić information content (AvgIpc) is 2.85. The molecule has 0 spiro atoms. The van der Waals surface area contributed by atoms with Gasteiger partial charge < -0.3 is 5.32 Å². The third-order valence-corrected chi connectivity index (χ3v) is 3.48. The fraction of sp³-hybridized carbons (Fsp3) is 0.286. The number of thiazole rings is 1. The first kappa shape index (κ1) is 12.8. The van der Waals surface area contributed by atoms with Gasteiger partial charge in [-0.15, -0.1) is 11.3 Å². The number of nitrogens with zero attached hydrogens (tertiary/aromatic N) is 1. The maximum absolute atomic E-state index is 11.5. The molecule has 0 radical (unpaired) electrons. The first-order chi connectivity index (χ1) is 8.66. The molecule has 0 unspecified atom stereocenters. The Bertz CT molecular complexity index is 520. The summed E-state index contributed by atoms with van der Waals surface area (Å²) in [5, 5.41) is 5.85. The Labute approximate surface area is 111 Å². The fourth-order valence-corrected chi connectivity index (χ4v) is 2.31. The van der Waals surface area contributed by atoms with Crippen molar-refractivity contribution in [2.45, 2.75) is 20.4 Å². The highest BCUT2D eigenvalue weighted by Crippen LogP contribution is 2.23. The van der Waals surface area contributed by atoms with Crippen LogP contribution in [-0.2, 0) is 11.3 Å². The van der Waals surface area contributed by atoms with Crippen molar-refractivity contribution >= 4 is 17.2 Å². The monoisotopic (exact) mass is 260 g/mol. The van der Waals surface area contributed by atoms with Gasteiger partial charge in [0.25, 0.3) is 0 Å². The van der Waals surface area contributed by atoms with Crippen LogP contribution in [0.1, 0.15) is 19.5 Å². The standard InChI is InChI=1S/C14H16N2OS/c1-10(2)13(17)15-8-12-9-18-14(16-12)11-6-4-3-5-7-11/h3-7,9-10H,8H2,1-2H3,(H,15,17). The van der Waals surface area contributed by atoms with Crippen LogP contribution in [0.4, 0.5) is 0 Å². The van der Waals surface area contributed by atoms with Gasteiger partial charge in [0.15, 0.2) is 0 Å². The summed E-state index contributed by atoms with van der Waals surface area (Å²) in [4.78, 5) is 16.0. The minimum absolute atomic E-state index is 0.0113. The van der Waals surface area contributed by atoms with Gasteiger partial charge in [-0.1, -0.05) is 44.2 Å². The number of hydrogen-bond donors (Lipinski definition) is 1. The van der Waals surface area contributed by atoms with E-state index in [9.17, 15) is 4.79 Å². The Kier molecular flexibility index (Phi) is 4.10. The molecule has 3 nitrogen and oxygen atoms in total. The predicted molar refractivity (Wildman–Crippen MR) is 74.2 cm³/mol. The van der Waals surface area contributed by atoms with E-state index < -0.39 is 0 Å². The van der Waals surface area contributed by atoms with Gasteiger partial charge in [0.2, 0.25) is 5.91 Å². The second kappa shape index (κ2) is 5.78. The van der Waals surface area contributed by atoms with E-state index in [4.69, 9.17) is 0 Å². The SMILES string of the molecule is CC(C)C(=O)NCc1csc(-c2ccccc2)n1. The molecule has 4 heteroatoms. The summed E-state index contributed by atoms with van der Waals surface area (Å²) in [7, 11) is 0. The highest BCUT2D eigenvalue weighted by atomic mass is 32.1. The summed E-state index contributed by atoms with van der Waals surface area (Å²) in [6.45, 7) is 4.26. The lowest BCUT2D eigenvalue weighted by Gasteiger charge is -2.05. The van der Waals surface area contributed by atoms with Crippen molar-refractivity contribution in [2.24, 2.45) is 5.92 Å². The molecule has 1 heterocycles. The van der Waals surface area contributed by atoms with E-state index in [0.717, 1.165) is 16.3 Å². The van der Waals surface area contributed by atoms with E-state index in [1.807, 2.05) is 49.6 Å². The lowest BCUT2D eigenvalue weighted by Crippen LogP contribution is -2.27. The average molecular weight is 260 g/mol. The first-order valence-electron chi connectivity index (χ1n) is 5.94. The smallest absolute Gasteiger partial charge is 0.222 e. The molecule has 0 saturated heterocycles. The van der Waals surface area contributed by atoms with Crippen molar-refractivity contribution in [3.05, 3.63) is 41.4 Å². The van der Waals surface area contributed by atoms with Crippen molar-refractivity contribution in [2.75, 3.05) is 0 Å². The van der Waals surface area contributed by atoms with E-state index in [1.54, 1.807) is 11.3 Å². The third kappa shape index (κ3) is 3.17. The lowest BCUT2D eigenvalue weighted by molar-refractivity contribution is -0.124. The van der Waals surface area contributed by atoms with Gasteiger partial charge in [-0.05, 0) is 0 Å². The molecule has 0 aliphatic rings. The maximum atomic E-state index is 11.5. The van der Waals surface area contributed by atoms with Crippen LogP contribution in [0.2, 0.25) is 0 Å². The summed E-state index contributed by atoms with van der Waals surface area (Å²) < 4.78 is 0. The number of carbonyl (C=O) groups is 1. The number of amides is 1. The molecule has 1 N–H and O–H groups in total. The molecule has 1 amide bonds. The van der Waals surface area contributed by atoms with Crippen LogP contribution in [0.5, 0.6) is 0 Å².